The van der Waals surface area contributed by atoms with E-state index in [4.69, 9.17) is 4.52 Å². The zero-order chi connectivity index (χ0) is 14.4. The molecule has 112 valence electrons. The molecule has 0 atom stereocenters. The number of nitrogens with one attached hydrogen (secondary N) is 1. The molecule has 0 unspecified atom stereocenters. The third kappa shape index (κ3) is 4.25. The predicted octanol–water partition coefficient (Wildman–Crippen LogP) is 2.51. The summed E-state index contributed by atoms with van der Waals surface area (Å²) in [6.45, 7) is 4.08. The van der Waals surface area contributed by atoms with Crippen LogP contribution in [0.2, 0.25) is 0 Å². The van der Waals surface area contributed by atoms with Crippen molar-refractivity contribution in [2.24, 2.45) is 16.8 Å². The molecular formula is C15H26N4O. The van der Waals surface area contributed by atoms with E-state index in [9.17, 15) is 0 Å². The first kappa shape index (κ1) is 14.9. The van der Waals surface area contributed by atoms with E-state index in [2.05, 4.69) is 34.3 Å². The molecule has 0 aliphatic heterocycles. The molecule has 1 saturated carbocycles. The van der Waals surface area contributed by atoms with Gasteiger partial charge in [-0.05, 0) is 24.7 Å². The van der Waals surface area contributed by atoms with E-state index in [1.807, 2.05) is 13.1 Å². The highest BCUT2D eigenvalue weighted by Gasteiger charge is 2.20. The maximum atomic E-state index is 4.83. The molecule has 1 aliphatic carbocycles. The van der Waals surface area contributed by atoms with Crippen molar-refractivity contribution in [3.63, 3.8) is 0 Å². The van der Waals surface area contributed by atoms with E-state index >= 15 is 0 Å². The second-order valence-corrected chi connectivity index (χ2v) is 5.90. The molecule has 2 rings (SSSR count). The normalized spacial score (nSPS) is 23.6. The summed E-state index contributed by atoms with van der Waals surface area (Å²) < 4.78 is 4.83. The number of hydrogen-bond donors (Lipinski definition) is 1. The molecule has 0 bridgehead atoms. The van der Waals surface area contributed by atoms with Crippen LogP contribution in [-0.2, 0) is 6.54 Å². The molecule has 1 fully saturated rings. The van der Waals surface area contributed by atoms with Gasteiger partial charge in [0.15, 0.2) is 5.96 Å². The smallest absolute Gasteiger partial charge is 0.193 e. The standard InChI is InChI=1S/C15H26N4O/c1-12-4-6-13(7-5-12)11-19(3)15(16-2)17-10-14-8-9-20-18-14/h8-9,12-13H,4-7,10-11H2,1-3H3,(H,16,17). The van der Waals surface area contributed by atoms with Crippen LogP contribution in [-0.4, -0.2) is 36.7 Å². The SMILES string of the molecule is CN=C(NCc1ccon1)N(C)CC1CCC(C)CC1. The molecule has 0 aromatic carbocycles. The minimum Gasteiger partial charge on any atom is -0.364 e. The molecule has 0 radical (unpaired) electrons. The molecule has 1 heterocycles. The van der Waals surface area contributed by atoms with E-state index in [-0.39, 0.29) is 0 Å². The second kappa shape index (κ2) is 7.31. The third-order valence-electron chi connectivity index (χ3n) is 4.16. The van der Waals surface area contributed by atoms with Crippen LogP contribution in [0.15, 0.2) is 21.8 Å². The van der Waals surface area contributed by atoms with Gasteiger partial charge in [-0.3, -0.25) is 4.99 Å². The van der Waals surface area contributed by atoms with Crippen molar-refractivity contribution in [2.45, 2.75) is 39.2 Å². The molecule has 1 N–H and O–H groups in total. The summed E-state index contributed by atoms with van der Waals surface area (Å²) in [4.78, 5) is 6.56. The molecule has 5 nitrogen and oxygen atoms in total. The minimum atomic E-state index is 0.648. The fourth-order valence-electron chi connectivity index (χ4n) is 2.87. The van der Waals surface area contributed by atoms with Gasteiger partial charge in [-0.1, -0.05) is 24.9 Å². The molecule has 20 heavy (non-hydrogen) atoms. The zero-order valence-corrected chi connectivity index (χ0v) is 12.8. The fraction of sp³-hybridized carbons (Fsp3) is 0.733. The van der Waals surface area contributed by atoms with E-state index in [0.717, 1.165) is 30.0 Å². The van der Waals surface area contributed by atoms with Gasteiger partial charge < -0.3 is 14.7 Å². The monoisotopic (exact) mass is 278 g/mol. The van der Waals surface area contributed by atoms with Crippen LogP contribution in [0.25, 0.3) is 0 Å². The van der Waals surface area contributed by atoms with Gasteiger partial charge in [0.25, 0.3) is 0 Å². The number of hydrogen-bond acceptors (Lipinski definition) is 3. The van der Waals surface area contributed by atoms with E-state index in [1.54, 1.807) is 6.26 Å². The number of aromatic nitrogens is 1. The van der Waals surface area contributed by atoms with E-state index in [1.165, 1.54) is 25.7 Å². The molecule has 0 spiro atoms. The average Bonchev–Trinajstić information content (AvgIpc) is 2.95. The average molecular weight is 278 g/mol. The van der Waals surface area contributed by atoms with E-state index in [0.29, 0.717) is 6.54 Å². The summed E-state index contributed by atoms with van der Waals surface area (Å²) in [5.41, 5.74) is 0.894. The summed E-state index contributed by atoms with van der Waals surface area (Å²) in [7, 11) is 3.93. The Bertz CT molecular complexity index is 408. The summed E-state index contributed by atoms with van der Waals surface area (Å²) in [5, 5.41) is 7.22. The largest absolute Gasteiger partial charge is 0.364 e. The Hall–Kier alpha value is -1.52. The minimum absolute atomic E-state index is 0.648. The van der Waals surface area contributed by atoms with Crippen LogP contribution < -0.4 is 5.32 Å². The van der Waals surface area contributed by atoms with Crippen molar-refractivity contribution in [1.82, 2.24) is 15.4 Å². The van der Waals surface area contributed by atoms with Gasteiger partial charge in [0.2, 0.25) is 0 Å². The van der Waals surface area contributed by atoms with Crippen LogP contribution in [0, 0.1) is 11.8 Å². The maximum absolute atomic E-state index is 4.83. The van der Waals surface area contributed by atoms with Gasteiger partial charge in [-0.2, -0.15) is 0 Å². The van der Waals surface area contributed by atoms with E-state index < -0.39 is 0 Å². The Morgan fingerprint density at radius 3 is 2.80 bits per heavy atom. The first-order valence-corrected chi connectivity index (χ1v) is 7.50. The first-order chi connectivity index (χ1) is 9.69. The summed E-state index contributed by atoms with van der Waals surface area (Å²) in [6.07, 6.45) is 7.00. The predicted molar refractivity (Wildman–Crippen MR) is 80.5 cm³/mol. The summed E-state index contributed by atoms with van der Waals surface area (Å²) in [6, 6.07) is 1.86. The Morgan fingerprint density at radius 2 is 2.20 bits per heavy atom. The van der Waals surface area contributed by atoms with Gasteiger partial charge in [0.1, 0.15) is 12.0 Å². The van der Waals surface area contributed by atoms with Crippen molar-refractivity contribution in [3.05, 3.63) is 18.0 Å². The number of nitrogens with zero attached hydrogens (tertiary/aromatic N) is 3. The van der Waals surface area contributed by atoms with Crippen LogP contribution >= 0.6 is 0 Å². The quantitative estimate of drug-likeness (QED) is 0.679. The van der Waals surface area contributed by atoms with Crippen molar-refractivity contribution < 1.29 is 4.52 Å². The van der Waals surface area contributed by atoms with Crippen molar-refractivity contribution in [1.29, 1.82) is 0 Å². The highest BCUT2D eigenvalue weighted by Crippen LogP contribution is 2.28. The summed E-state index contributed by atoms with van der Waals surface area (Å²) >= 11 is 0. The molecule has 0 amide bonds. The highest BCUT2D eigenvalue weighted by atomic mass is 16.5. The third-order valence-corrected chi connectivity index (χ3v) is 4.16. The van der Waals surface area contributed by atoms with Crippen molar-refractivity contribution >= 4 is 5.96 Å². The van der Waals surface area contributed by atoms with Crippen LogP contribution in [0.3, 0.4) is 0 Å². The van der Waals surface area contributed by atoms with Gasteiger partial charge in [-0.25, -0.2) is 0 Å². The highest BCUT2D eigenvalue weighted by molar-refractivity contribution is 5.79. The van der Waals surface area contributed by atoms with Gasteiger partial charge in [0.05, 0.1) is 6.54 Å². The zero-order valence-electron chi connectivity index (χ0n) is 12.8. The molecular weight excluding hydrogens is 252 g/mol. The van der Waals surface area contributed by atoms with Gasteiger partial charge >= 0.3 is 0 Å². The Morgan fingerprint density at radius 1 is 1.45 bits per heavy atom. The van der Waals surface area contributed by atoms with Crippen LogP contribution in [0.5, 0.6) is 0 Å². The summed E-state index contributed by atoms with van der Waals surface area (Å²) in [5.74, 6) is 2.62. The molecule has 1 aromatic heterocycles. The van der Waals surface area contributed by atoms with Crippen molar-refractivity contribution in [2.75, 3.05) is 20.6 Å². The van der Waals surface area contributed by atoms with Gasteiger partial charge in [-0.15, -0.1) is 0 Å². The number of guanidine groups is 1. The molecule has 5 heteroatoms. The lowest BCUT2D eigenvalue weighted by atomic mass is 9.83. The molecule has 0 saturated heterocycles. The topological polar surface area (TPSA) is 53.7 Å². The van der Waals surface area contributed by atoms with Crippen LogP contribution in [0.4, 0.5) is 0 Å². The molecule has 1 aromatic rings. The Labute approximate surface area is 121 Å². The first-order valence-electron chi connectivity index (χ1n) is 7.50. The Kier molecular flexibility index (Phi) is 5.44. The second-order valence-electron chi connectivity index (χ2n) is 5.90. The van der Waals surface area contributed by atoms with Crippen LogP contribution in [0.1, 0.15) is 38.3 Å². The Balaban J connectivity index is 1.78. The lowest BCUT2D eigenvalue weighted by molar-refractivity contribution is 0.250. The number of aliphatic imine (C=N–C) groups is 1. The maximum Gasteiger partial charge on any atom is 0.193 e. The van der Waals surface area contributed by atoms with Gasteiger partial charge in [0, 0.05) is 26.7 Å². The molecule has 1 aliphatic rings. The van der Waals surface area contributed by atoms with Crippen molar-refractivity contribution in [3.8, 4) is 0 Å². The fourth-order valence-corrected chi connectivity index (χ4v) is 2.87. The lowest BCUT2D eigenvalue weighted by Crippen LogP contribution is -2.41. The lowest BCUT2D eigenvalue weighted by Gasteiger charge is -2.31. The number of rotatable bonds is 4.